The molecule has 0 N–H and O–H groups in total. The second kappa shape index (κ2) is 7.30. The van der Waals surface area contributed by atoms with Crippen molar-refractivity contribution >= 4 is 23.2 Å². The minimum absolute atomic E-state index is 0.565. The topological polar surface area (TPSA) is 9.23 Å². The lowest BCUT2D eigenvalue weighted by atomic mass is 10.2. The van der Waals surface area contributed by atoms with E-state index in [9.17, 15) is 0 Å². The van der Waals surface area contributed by atoms with E-state index in [-0.39, 0.29) is 0 Å². The molecule has 96 valence electrons. The van der Waals surface area contributed by atoms with Crippen molar-refractivity contribution in [1.29, 1.82) is 0 Å². The number of benzene rings is 2. The lowest BCUT2D eigenvalue weighted by Gasteiger charge is -2.07. The SMILES string of the molecule is CC.Cc1cccc(Oc2cc(Cl)cc(Cl)c2)c1. The molecule has 0 fully saturated rings. The van der Waals surface area contributed by atoms with Gasteiger partial charge in [0.25, 0.3) is 0 Å². The van der Waals surface area contributed by atoms with Crippen molar-refractivity contribution in [2.45, 2.75) is 20.8 Å². The number of rotatable bonds is 2. The molecule has 0 aliphatic carbocycles. The van der Waals surface area contributed by atoms with Gasteiger partial charge >= 0.3 is 0 Å². The summed E-state index contributed by atoms with van der Waals surface area (Å²) in [7, 11) is 0. The Morgan fingerprint density at radius 3 is 2.00 bits per heavy atom. The Labute approximate surface area is 118 Å². The van der Waals surface area contributed by atoms with Crippen molar-refractivity contribution in [3.05, 3.63) is 58.1 Å². The molecule has 2 aromatic carbocycles. The lowest BCUT2D eigenvalue weighted by molar-refractivity contribution is 0.482. The Balaban J connectivity index is 0.000000771. The molecule has 2 rings (SSSR count). The average Bonchev–Trinajstić information content (AvgIpc) is 2.30. The smallest absolute Gasteiger partial charge is 0.130 e. The number of halogens is 2. The molecule has 18 heavy (non-hydrogen) atoms. The summed E-state index contributed by atoms with van der Waals surface area (Å²) in [5.74, 6) is 1.42. The maximum absolute atomic E-state index is 5.88. The monoisotopic (exact) mass is 282 g/mol. The molecule has 0 aliphatic heterocycles. The first-order chi connectivity index (χ1) is 8.63. The third kappa shape index (κ3) is 4.59. The first-order valence-electron chi connectivity index (χ1n) is 5.84. The van der Waals surface area contributed by atoms with E-state index in [4.69, 9.17) is 27.9 Å². The molecule has 1 nitrogen and oxygen atoms in total. The van der Waals surface area contributed by atoms with Gasteiger partial charge in [0, 0.05) is 10.0 Å². The Kier molecular flexibility index (Phi) is 6.03. The zero-order valence-corrected chi connectivity index (χ0v) is 12.2. The molecule has 0 heterocycles. The first kappa shape index (κ1) is 14.9. The molecule has 0 bridgehead atoms. The standard InChI is InChI=1S/C13H10Cl2O.C2H6/c1-9-3-2-4-12(5-9)16-13-7-10(14)6-11(15)8-13;1-2/h2-8H,1H3;1-2H3. The molecule has 0 atom stereocenters. The van der Waals surface area contributed by atoms with Crippen LogP contribution in [0.5, 0.6) is 11.5 Å². The normalized spacial score (nSPS) is 9.39. The molecule has 0 saturated heterocycles. The van der Waals surface area contributed by atoms with E-state index < -0.39 is 0 Å². The van der Waals surface area contributed by atoms with Crippen LogP contribution >= 0.6 is 23.2 Å². The number of hydrogen-bond donors (Lipinski definition) is 0. The third-order valence-corrected chi connectivity index (χ3v) is 2.50. The summed E-state index contributed by atoms with van der Waals surface area (Å²) in [6.07, 6.45) is 0. The lowest BCUT2D eigenvalue weighted by Crippen LogP contribution is -1.84. The van der Waals surface area contributed by atoms with E-state index in [1.54, 1.807) is 18.2 Å². The van der Waals surface area contributed by atoms with E-state index in [1.165, 1.54) is 0 Å². The maximum atomic E-state index is 5.88. The van der Waals surface area contributed by atoms with Crippen molar-refractivity contribution in [2.24, 2.45) is 0 Å². The fraction of sp³-hybridized carbons (Fsp3) is 0.200. The van der Waals surface area contributed by atoms with Crippen LogP contribution < -0.4 is 4.74 Å². The molecular formula is C15H16Cl2O. The molecule has 0 aliphatic rings. The molecule has 2 aromatic rings. The van der Waals surface area contributed by atoms with Crippen molar-refractivity contribution in [3.8, 4) is 11.5 Å². The second-order valence-electron chi connectivity index (χ2n) is 3.52. The highest BCUT2D eigenvalue weighted by atomic mass is 35.5. The van der Waals surface area contributed by atoms with E-state index >= 15 is 0 Å². The summed E-state index contributed by atoms with van der Waals surface area (Å²) in [6.45, 7) is 6.01. The summed E-state index contributed by atoms with van der Waals surface area (Å²) in [6, 6.07) is 12.9. The Morgan fingerprint density at radius 1 is 0.833 bits per heavy atom. The molecule has 0 spiro atoms. The van der Waals surface area contributed by atoms with Crippen molar-refractivity contribution in [2.75, 3.05) is 0 Å². The van der Waals surface area contributed by atoms with Gasteiger partial charge in [-0.1, -0.05) is 49.2 Å². The molecular weight excluding hydrogens is 267 g/mol. The van der Waals surface area contributed by atoms with Gasteiger partial charge in [-0.3, -0.25) is 0 Å². The van der Waals surface area contributed by atoms with Crippen molar-refractivity contribution < 1.29 is 4.74 Å². The quantitative estimate of drug-likeness (QED) is 0.645. The van der Waals surface area contributed by atoms with Crippen LogP contribution in [0.2, 0.25) is 10.0 Å². The zero-order chi connectivity index (χ0) is 13.5. The number of hydrogen-bond acceptors (Lipinski definition) is 1. The van der Waals surface area contributed by atoms with Gasteiger partial charge in [0.2, 0.25) is 0 Å². The molecule has 0 unspecified atom stereocenters. The highest BCUT2D eigenvalue weighted by Crippen LogP contribution is 2.28. The predicted molar refractivity (Wildman–Crippen MR) is 79.1 cm³/mol. The summed E-state index contributed by atoms with van der Waals surface area (Å²) in [5.41, 5.74) is 1.14. The van der Waals surface area contributed by atoms with Crippen LogP contribution in [0.1, 0.15) is 19.4 Å². The molecule has 0 aromatic heterocycles. The summed E-state index contributed by atoms with van der Waals surface area (Å²) < 4.78 is 5.65. The number of aryl methyl sites for hydroxylation is 1. The number of ether oxygens (including phenoxy) is 1. The Hall–Kier alpha value is -1.18. The zero-order valence-electron chi connectivity index (χ0n) is 10.7. The van der Waals surface area contributed by atoms with Gasteiger partial charge in [0.1, 0.15) is 11.5 Å². The summed E-state index contributed by atoms with van der Waals surface area (Å²) >= 11 is 11.8. The molecule has 3 heteroatoms. The maximum Gasteiger partial charge on any atom is 0.130 e. The minimum atomic E-state index is 0.565. The van der Waals surface area contributed by atoms with E-state index in [2.05, 4.69) is 0 Å². The fourth-order valence-electron chi connectivity index (χ4n) is 1.40. The Bertz CT molecular complexity index is 489. The van der Waals surface area contributed by atoms with E-state index in [0.29, 0.717) is 15.8 Å². The van der Waals surface area contributed by atoms with Crippen molar-refractivity contribution in [1.82, 2.24) is 0 Å². The van der Waals surface area contributed by atoms with Gasteiger partial charge in [-0.05, 0) is 42.8 Å². The summed E-state index contributed by atoms with van der Waals surface area (Å²) in [4.78, 5) is 0. The van der Waals surface area contributed by atoms with E-state index in [1.807, 2.05) is 45.0 Å². The molecule has 0 amide bonds. The second-order valence-corrected chi connectivity index (χ2v) is 4.40. The molecule has 0 radical (unpaired) electrons. The Morgan fingerprint density at radius 2 is 1.44 bits per heavy atom. The third-order valence-electron chi connectivity index (χ3n) is 2.06. The van der Waals surface area contributed by atoms with E-state index in [0.717, 1.165) is 11.3 Å². The van der Waals surface area contributed by atoms with Crippen molar-refractivity contribution in [3.63, 3.8) is 0 Å². The molecule has 0 saturated carbocycles. The average molecular weight is 283 g/mol. The van der Waals surface area contributed by atoms with Crippen LogP contribution in [0, 0.1) is 6.92 Å². The minimum Gasteiger partial charge on any atom is -0.457 e. The van der Waals surface area contributed by atoms with Crippen LogP contribution in [0.15, 0.2) is 42.5 Å². The first-order valence-corrected chi connectivity index (χ1v) is 6.60. The summed E-state index contributed by atoms with van der Waals surface area (Å²) in [5, 5.41) is 1.13. The van der Waals surface area contributed by atoms with Gasteiger partial charge in [-0.25, -0.2) is 0 Å². The van der Waals surface area contributed by atoms with Crippen LogP contribution in [0.25, 0.3) is 0 Å². The van der Waals surface area contributed by atoms with Gasteiger partial charge < -0.3 is 4.74 Å². The van der Waals surface area contributed by atoms with Crippen LogP contribution in [-0.2, 0) is 0 Å². The highest BCUT2D eigenvalue weighted by molar-refractivity contribution is 6.34. The fourth-order valence-corrected chi connectivity index (χ4v) is 1.91. The van der Waals surface area contributed by atoms with Crippen LogP contribution in [0.3, 0.4) is 0 Å². The largest absolute Gasteiger partial charge is 0.457 e. The van der Waals surface area contributed by atoms with Gasteiger partial charge in [-0.15, -0.1) is 0 Å². The predicted octanol–water partition coefficient (Wildman–Crippen LogP) is 6.12. The van der Waals surface area contributed by atoms with Crippen LogP contribution in [-0.4, -0.2) is 0 Å². The van der Waals surface area contributed by atoms with Gasteiger partial charge in [-0.2, -0.15) is 0 Å². The van der Waals surface area contributed by atoms with Crippen LogP contribution in [0.4, 0.5) is 0 Å². The van der Waals surface area contributed by atoms with Gasteiger partial charge in [0.05, 0.1) is 0 Å². The van der Waals surface area contributed by atoms with Gasteiger partial charge in [0.15, 0.2) is 0 Å². The highest BCUT2D eigenvalue weighted by Gasteiger charge is 2.01.